The molecule has 1 atom stereocenters. The first-order valence-electron chi connectivity index (χ1n) is 18.9. The second-order valence-electron chi connectivity index (χ2n) is 16.5. The highest BCUT2D eigenvalue weighted by Gasteiger charge is 2.64. The van der Waals surface area contributed by atoms with E-state index in [1.807, 2.05) is 24.3 Å². The molecule has 1 saturated carbocycles. The number of carbonyl (C=O) groups excluding carboxylic acids is 5. The van der Waals surface area contributed by atoms with E-state index in [2.05, 4.69) is 64.1 Å². The zero-order valence-corrected chi connectivity index (χ0v) is 32.4. The van der Waals surface area contributed by atoms with Crippen molar-refractivity contribution in [2.75, 3.05) is 49.1 Å². The Kier molecular flexibility index (Phi) is 9.28. The summed E-state index contributed by atoms with van der Waals surface area (Å²) in [6.45, 7) is 13.3. The number of fused-ring (bicyclic) bond motifs is 1. The van der Waals surface area contributed by atoms with Crippen molar-refractivity contribution in [3.8, 4) is 11.8 Å². The molecule has 5 amide bonds. The fourth-order valence-corrected chi connectivity index (χ4v) is 9.60. The lowest BCUT2D eigenvalue weighted by atomic mass is 9.49. The van der Waals surface area contributed by atoms with Gasteiger partial charge in [-0.05, 0) is 48.9 Å². The van der Waals surface area contributed by atoms with E-state index in [1.54, 1.807) is 30.5 Å². The fourth-order valence-electron chi connectivity index (χ4n) is 9.38. The van der Waals surface area contributed by atoms with Crippen molar-refractivity contribution < 1.29 is 28.7 Å². The molecule has 3 aromatic rings. The number of aromatic nitrogens is 1. The lowest BCUT2D eigenvalue weighted by Gasteiger charge is -2.63. The van der Waals surface area contributed by atoms with Gasteiger partial charge in [-0.25, -0.2) is 4.98 Å². The summed E-state index contributed by atoms with van der Waals surface area (Å²) in [6.07, 6.45) is 1.57. The molecule has 4 aliphatic heterocycles. The number of benzene rings is 2. The number of ether oxygens (including phenoxy) is 1. The molecule has 2 aromatic carbocycles. The SMILES string of the molecule is CC1(C)[C@H](NC(=O)c2ccc(N3CCN(C4CN(c5cnc6c(c5)C(=O)N(C5CCC(=O)NC5=O)C6=O)C4)CC3)cc2)C(C)(C)[C@H]1Oc1ccc(C#N)c(Cl)c1. The number of anilines is 2. The molecule has 1 unspecified atom stereocenters. The number of halogens is 1. The number of nitriles is 1. The Morgan fingerprint density at radius 3 is 2.27 bits per heavy atom. The number of pyridine rings is 1. The summed E-state index contributed by atoms with van der Waals surface area (Å²) in [5.74, 6) is -1.78. The van der Waals surface area contributed by atoms with Crippen molar-refractivity contribution in [3.63, 3.8) is 0 Å². The van der Waals surface area contributed by atoms with Gasteiger partial charge < -0.3 is 19.9 Å². The van der Waals surface area contributed by atoms with Gasteiger partial charge in [0.15, 0.2) is 0 Å². The number of imide groups is 2. The standard InChI is InChI=1S/C41H43ClN8O6/c1-40(2)38(41(3,4)39(40)56-28-10-7-24(19-43)30(42)18-28)46-34(52)23-5-8-25(9-6-23)47-13-15-48(16-14-47)27-21-49(22-27)26-17-29-33(44-20-26)37(55)50(36(29)54)31-11-12-32(51)45-35(31)53/h5-10,17-18,20,27,31,38-39H,11-16,21-22H2,1-4H3,(H,46,52)(H,45,51,53)/t31?,38-,39-. The highest BCUT2D eigenvalue weighted by Crippen LogP contribution is 2.55. The third-order valence-corrected chi connectivity index (χ3v) is 12.6. The first-order chi connectivity index (χ1) is 26.7. The van der Waals surface area contributed by atoms with Crippen LogP contribution in [0, 0.1) is 22.2 Å². The predicted molar refractivity (Wildman–Crippen MR) is 207 cm³/mol. The molecule has 1 aromatic heterocycles. The van der Waals surface area contributed by atoms with Crippen LogP contribution in [0.15, 0.2) is 54.7 Å². The van der Waals surface area contributed by atoms with Crippen molar-refractivity contribution in [1.29, 1.82) is 5.26 Å². The molecule has 56 heavy (non-hydrogen) atoms. The third kappa shape index (κ3) is 6.32. The van der Waals surface area contributed by atoms with Crippen LogP contribution >= 0.6 is 11.6 Å². The zero-order chi connectivity index (χ0) is 39.7. The minimum absolute atomic E-state index is 0.0311. The Morgan fingerprint density at radius 2 is 1.62 bits per heavy atom. The van der Waals surface area contributed by atoms with Crippen LogP contribution in [-0.2, 0) is 9.59 Å². The van der Waals surface area contributed by atoms with Gasteiger partial charge in [0.1, 0.15) is 29.7 Å². The van der Waals surface area contributed by atoms with Gasteiger partial charge in [0.05, 0.1) is 28.0 Å². The van der Waals surface area contributed by atoms with E-state index in [0.717, 1.165) is 55.5 Å². The predicted octanol–water partition coefficient (Wildman–Crippen LogP) is 3.63. The third-order valence-electron chi connectivity index (χ3n) is 12.2. The molecule has 1 aliphatic carbocycles. The molecule has 0 spiro atoms. The quantitative estimate of drug-likeness (QED) is 0.321. The number of hydrogen-bond acceptors (Lipinski definition) is 11. The van der Waals surface area contributed by atoms with Gasteiger partial charge in [-0.3, -0.25) is 39.1 Å². The van der Waals surface area contributed by atoms with Crippen LogP contribution < -0.4 is 25.2 Å². The van der Waals surface area contributed by atoms with Crippen molar-refractivity contribution in [2.45, 2.75) is 64.8 Å². The Labute approximate surface area is 329 Å². The largest absolute Gasteiger partial charge is 0.489 e. The average Bonchev–Trinajstić information content (AvgIpc) is 3.40. The number of rotatable bonds is 8. The second kappa shape index (κ2) is 13.9. The monoisotopic (exact) mass is 778 g/mol. The molecule has 8 rings (SSSR count). The molecular weight excluding hydrogens is 736 g/mol. The van der Waals surface area contributed by atoms with Gasteiger partial charge in [-0.1, -0.05) is 39.3 Å². The van der Waals surface area contributed by atoms with Crippen LogP contribution in [0.3, 0.4) is 0 Å². The van der Waals surface area contributed by atoms with Gasteiger partial charge >= 0.3 is 0 Å². The van der Waals surface area contributed by atoms with Crippen molar-refractivity contribution in [3.05, 3.63) is 82.1 Å². The Hall–Kier alpha value is -5.52. The van der Waals surface area contributed by atoms with E-state index in [-0.39, 0.29) is 53.0 Å². The maximum Gasteiger partial charge on any atom is 0.280 e. The number of nitrogens with one attached hydrogen (secondary N) is 2. The van der Waals surface area contributed by atoms with Crippen LogP contribution in [0.5, 0.6) is 5.75 Å². The molecule has 15 heteroatoms. The molecule has 290 valence electrons. The maximum absolute atomic E-state index is 13.5. The summed E-state index contributed by atoms with van der Waals surface area (Å²) in [5, 5.41) is 15.0. The van der Waals surface area contributed by atoms with Crippen LogP contribution in [-0.4, -0.2) is 108 Å². The first-order valence-corrected chi connectivity index (χ1v) is 19.3. The van der Waals surface area contributed by atoms with Crippen molar-refractivity contribution in [2.24, 2.45) is 10.8 Å². The van der Waals surface area contributed by atoms with Gasteiger partial charge in [0.25, 0.3) is 17.7 Å². The number of nitrogens with zero attached hydrogens (tertiary/aromatic N) is 6. The molecule has 4 fully saturated rings. The molecule has 0 radical (unpaired) electrons. The van der Waals surface area contributed by atoms with Crippen molar-refractivity contribution in [1.82, 2.24) is 25.4 Å². The Morgan fingerprint density at radius 1 is 0.929 bits per heavy atom. The van der Waals surface area contributed by atoms with Gasteiger partial charge in [0.2, 0.25) is 11.8 Å². The molecule has 0 bridgehead atoms. The van der Waals surface area contributed by atoms with Gasteiger partial charge in [0, 0.05) is 85.9 Å². The topological polar surface area (TPSA) is 168 Å². The molecule has 5 heterocycles. The van der Waals surface area contributed by atoms with E-state index in [1.165, 1.54) is 0 Å². The van der Waals surface area contributed by atoms with Crippen LogP contribution in [0.2, 0.25) is 5.02 Å². The van der Waals surface area contributed by atoms with E-state index in [9.17, 15) is 29.2 Å². The molecular formula is C41H43ClN8O6. The van der Waals surface area contributed by atoms with Crippen LogP contribution in [0.4, 0.5) is 11.4 Å². The first kappa shape index (κ1) is 37.4. The zero-order valence-electron chi connectivity index (χ0n) is 31.7. The van der Waals surface area contributed by atoms with Gasteiger partial charge in [-0.15, -0.1) is 0 Å². The summed E-state index contributed by atoms with van der Waals surface area (Å²) in [7, 11) is 0. The van der Waals surface area contributed by atoms with E-state index >= 15 is 0 Å². The van der Waals surface area contributed by atoms with Crippen molar-refractivity contribution >= 4 is 52.5 Å². The molecule has 14 nitrogen and oxygen atoms in total. The lowest BCUT2D eigenvalue weighted by molar-refractivity contribution is -0.164. The highest BCUT2D eigenvalue weighted by molar-refractivity contribution is 6.31. The molecule has 3 saturated heterocycles. The van der Waals surface area contributed by atoms with Gasteiger partial charge in [-0.2, -0.15) is 5.26 Å². The number of piperazine rings is 1. The van der Waals surface area contributed by atoms with Crippen LogP contribution in [0.1, 0.15) is 77.3 Å². The summed E-state index contributed by atoms with van der Waals surface area (Å²) in [5.41, 5.74) is 2.27. The summed E-state index contributed by atoms with van der Waals surface area (Å²) >= 11 is 6.24. The summed E-state index contributed by atoms with van der Waals surface area (Å²) in [4.78, 5) is 75.9. The normalized spacial score (nSPS) is 24.5. The van der Waals surface area contributed by atoms with E-state index < -0.39 is 29.7 Å². The number of hydrogen-bond donors (Lipinski definition) is 2. The summed E-state index contributed by atoms with van der Waals surface area (Å²) in [6, 6.07) is 15.7. The Balaban J connectivity index is 0.817. The molecule has 5 aliphatic rings. The minimum atomic E-state index is -1.02. The smallest absolute Gasteiger partial charge is 0.280 e. The fraction of sp³-hybridized carbons (Fsp3) is 0.439. The molecule has 2 N–H and O–H groups in total. The number of amides is 5. The minimum Gasteiger partial charge on any atom is -0.489 e. The summed E-state index contributed by atoms with van der Waals surface area (Å²) < 4.78 is 6.37. The number of piperidine rings is 1. The lowest BCUT2D eigenvalue weighted by Crippen LogP contribution is -2.74. The van der Waals surface area contributed by atoms with E-state index in [0.29, 0.717) is 27.9 Å². The average molecular weight is 779 g/mol. The Bertz CT molecular complexity index is 2170. The maximum atomic E-state index is 13.5. The number of carbonyl (C=O) groups is 5. The second-order valence-corrected chi connectivity index (χ2v) is 16.9. The highest BCUT2D eigenvalue weighted by atomic mass is 35.5. The van der Waals surface area contributed by atoms with Crippen LogP contribution in [0.25, 0.3) is 0 Å². The van der Waals surface area contributed by atoms with E-state index in [4.69, 9.17) is 16.3 Å².